The fourth-order valence-electron chi connectivity index (χ4n) is 1.57. The fraction of sp³-hybridized carbons (Fsp3) is 0.500. The maximum absolute atomic E-state index is 11.9. The summed E-state index contributed by atoms with van der Waals surface area (Å²) in [6.07, 6.45) is 1.87. The van der Waals surface area contributed by atoms with E-state index in [2.05, 4.69) is 24.9 Å². The molecule has 0 saturated heterocycles. The van der Waals surface area contributed by atoms with E-state index >= 15 is 0 Å². The summed E-state index contributed by atoms with van der Waals surface area (Å²) in [5, 5.41) is 2.89. The zero-order valence-electron chi connectivity index (χ0n) is 11.0. The van der Waals surface area contributed by atoms with E-state index in [1.807, 2.05) is 19.1 Å². The molecule has 0 heterocycles. The van der Waals surface area contributed by atoms with Crippen LogP contribution < -0.4 is 5.32 Å². The summed E-state index contributed by atoms with van der Waals surface area (Å²) in [6, 6.07) is 5.58. The molecule has 0 fully saturated rings. The monoisotopic (exact) mass is 267 g/mol. The van der Waals surface area contributed by atoms with Crippen molar-refractivity contribution < 1.29 is 9.53 Å². The Morgan fingerprint density at radius 2 is 2.17 bits per heavy atom. The van der Waals surface area contributed by atoms with Crippen molar-refractivity contribution in [2.24, 2.45) is 0 Å². The first-order valence-electron chi connectivity index (χ1n) is 6.30. The van der Waals surface area contributed by atoms with Crippen molar-refractivity contribution in [2.45, 2.75) is 31.6 Å². The number of carbonyl (C=O) groups excluding carboxylic acids is 1. The molecule has 0 radical (unpaired) electrons. The van der Waals surface area contributed by atoms with Gasteiger partial charge in [0.25, 0.3) is 5.91 Å². The lowest BCUT2D eigenvalue weighted by Crippen LogP contribution is -2.26. The summed E-state index contributed by atoms with van der Waals surface area (Å²) in [4.78, 5) is 12.7. The number of carbonyl (C=O) groups is 1. The van der Waals surface area contributed by atoms with E-state index in [-0.39, 0.29) is 5.91 Å². The summed E-state index contributed by atoms with van der Waals surface area (Å²) in [7, 11) is 0. The van der Waals surface area contributed by atoms with Crippen molar-refractivity contribution in [3.63, 3.8) is 0 Å². The molecule has 1 aromatic rings. The van der Waals surface area contributed by atoms with Crippen molar-refractivity contribution in [1.29, 1.82) is 0 Å². The maximum atomic E-state index is 11.9. The second kappa shape index (κ2) is 8.16. The van der Waals surface area contributed by atoms with Crippen LogP contribution in [0.4, 0.5) is 0 Å². The third-order valence-corrected chi connectivity index (χ3v) is 2.84. The van der Waals surface area contributed by atoms with E-state index in [1.165, 1.54) is 0 Å². The molecule has 1 aromatic carbocycles. The van der Waals surface area contributed by atoms with Gasteiger partial charge in [-0.3, -0.25) is 4.79 Å². The van der Waals surface area contributed by atoms with Gasteiger partial charge in [-0.2, -0.15) is 0 Å². The average molecular weight is 267 g/mol. The second-order valence-corrected chi connectivity index (χ2v) is 4.74. The molecule has 0 aliphatic carbocycles. The molecule has 0 aromatic heterocycles. The van der Waals surface area contributed by atoms with Crippen LogP contribution in [0.1, 0.15) is 35.7 Å². The standard InChI is InChI=1S/C14H21NO2S/c1-3-8-17-9-4-7-15-14(16)13-10-12(18)6-5-11(13)2/h5-6,10,18H,3-4,7-9H2,1-2H3,(H,15,16). The average Bonchev–Trinajstić information content (AvgIpc) is 2.36. The number of ether oxygens (including phenoxy) is 1. The number of hydrogen-bond acceptors (Lipinski definition) is 3. The van der Waals surface area contributed by atoms with Crippen LogP contribution in [-0.4, -0.2) is 25.7 Å². The minimum atomic E-state index is -0.0427. The van der Waals surface area contributed by atoms with Gasteiger partial charge in [-0.25, -0.2) is 0 Å². The van der Waals surface area contributed by atoms with E-state index in [4.69, 9.17) is 4.74 Å². The van der Waals surface area contributed by atoms with Crippen LogP contribution in [0.5, 0.6) is 0 Å². The molecule has 0 atom stereocenters. The highest BCUT2D eigenvalue weighted by Crippen LogP contribution is 2.13. The molecule has 0 bridgehead atoms. The third-order valence-electron chi connectivity index (χ3n) is 2.57. The van der Waals surface area contributed by atoms with E-state index in [1.54, 1.807) is 6.07 Å². The highest BCUT2D eigenvalue weighted by Gasteiger charge is 2.08. The minimum Gasteiger partial charge on any atom is -0.381 e. The largest absolute Gasteiger partial charge is 0.381 e. The number of aryl methyl sites for hydroxylation is 1. The Morgan fingerprint density at radius 1 is 1.39 bits per heavy atom. The van der Waals surface area contributed by atoms with Crippen molar-refractivity contribution in [1.82, 2.24) is 5.32 Å². The number of amides is 1. The molecule has 0 aliphatic rings. The number of rotatable bonds is 7. The SMILES string of the molecule is CCCOCCCNC(=O)c1cc(S)ccc1C. The number of nitrogens with one attached hydrogen (secondary N) is 1. The summed E-state index contributed by atoms with van der Waals surface area (Å²) < 4.78 is 5.35. The molecule has 0 spiro atoms. The fourth-order valence-corrected chi connectivity index (χ4v) is 1.78. The van der Waals surface area contributed by atoms with Crippen LogP contribution in [0.15, 0.2) is 23.1 Å². The predicted octanol–water partition coefficient (Wildman–Crippen LogP) is 2.83. The minimum absolute atomic E-state index is 0.0427. The summed E-state index contributed by atoms with van der Waals surface area (Å²) in [5.41, 5.74) is 1.66. The van der Waals surface area contributed by atoms with Gasteiger partial charge >= 0.3 is 0 Å². The van der Waals surface area contributed by atoms with Gasteiger partial charge in [0.05, 0.1) is 0 Å². The first-order chi connectivity index (χ1) is 8.65. The van der Waals surface area contributed by atoms with E-state index in [9.17, 15) is 4.79 Å². The Kier molecular flexibility index (Phi) is 6.83. The highest BCUT2D eigenvalue weighted by molar-refractivity contribution is 7.80. The predicted molar refractivity (Wildman–Crippen MR) is 76.5 cm³/mol. The molecule has 100 valence electrons. The van der Waals surface area contributed by atoms with Crippen LogP contribution in [0.3, 0.4) is 0 Å². The molecule has 0 aliphatic heterocycles. The molecule has 0 saturated carbocycles. The number of hydrogen-bond donors (Lipinski definition) is 2. The second-order valence-electron chi connectivity index (χ2n) is 4.22. The van der Waals surface area contributed by atoms with Gasteiger partial charge in [-0.05, 0) is 37.5 Å². The normalized spacial score (nSPS) is 10.4. The quantitative estimate of drug-likeness (QED) is 0.589. The van der Waals surface area contributed by atoms with Crippen LogP contribution in [0.25, 0.3) is 0 Å². The molecular weight excluding hydrogens is 246 g/mol. The van der Waals surface area contributed by atoms with Gasteiger partial charge in [0, 0.05) is 30.2 Å². The summed E-state index contributed by atoms with van der Waals surface area (Å²) in [5.74, 6) is -0.0427. The van der Waals surface area contributed by atoms with Crippen LogP contribution in [0, 0.1) is 6.92 Å². The number of thiol groups is 1. The molecule has 1 rings (SSSR count). The topological polar surface area (TPSA) is 38.3 Å². The van der Waals surface area contributed by atoms with Crippen molar-refractivity contribution in [3.05, 3.63) is 29.3 Å². The zero-order chi connectivity index (χ0) is 13.4. The molecule has 18 heavy (non-hydrogen) atoms. The number of benzene rings is 1. The highest BCUT2D eigenvalue weighted by atomic mass is 32.1. The molecule has 1 amide bonds. The first-order valence-corrected chi connectivity index (χ1v) is 6.75. The van der Waals surface area contributed by atoms with Crippen molar-refractivity contribution in [3.8, 4) is 0 Å². The van der Waals surface area contributed by atoms with Crippen LogP contribution >= 0.6 is 12.6 Å². The van der Waals surface area contributed by atoms with E-state index in [0.29, 0.717) is 18.7 Å². The van der Waals surface area contributed by atoms with Gasteiger partial charge in [0.15, 0.2) is 0 Å². The summed E-state index contributed by atoms with van der Waals surface area (Å²) in [6.45, 7) is 6.12. The Hall–Kier alpha value is -1.00. The molecular formula is C14H21NO2S. The Balaban J connectivity index is 2.34. The van der Waals surface area contributed by atoms with Gasteiger partial charge in [0.2, 0.25) is 0 Å². The summed E-state index contributed by atoms with van der Waals surface area (Å²) >= 11 is 4.24. The smallest absolute Gasteiger partial charge is 0.251 e. The lowest BCUT2D eigenvalue weighted by Gasteiger charge is -2.08. The third kappa shape index (κ3) is 5.10. The Morgan fingerprint density at radius 3 is 2.89 bits per heavy atom. The van der Waals surface area contributed by atoms with E-state index < -0.39 is 0 Å². The van der Waals surface area contributed by atoms with E-state index in [0.717, 1.165) is 29.9 Å². The van der Waals surface area contributed by atoms with Crippen molar-refractivity contribution in [2.75, 3.05) is 19.8 Å². The van der Waals surface area contributed by atoms with Crippen molar-refractivity contribution >= 4 is 18.5 Å². The lowest BCUT2D eigenvalue weighted by atomic mass is 10.1. The first kappa shape index (κ1) is 15.1. The Bertz CT molecular complexity index is 393. The molecule has 4 heteroatoms. The molecule has 3 nitrogen and oxygen atoms in total. The maximum Gasteiger partial charge on any atom is 0.251 e. The molecule has 1 N–H and O–H groups in total. The zero-order valence-corrected chi connectivity index (χ0v) is 11.9. The lowest BCUT2D eigenvalue weighted by molar-refractivity contribution is 0.0940. The Labute approximate surface area is 114 Å². The van der Waals surface area contributed by atoms with Gasteiger partial charge in [-0.1, -0.05) is 13.0 Å². The van der Waals surface area contributed by atoms with Gasteiger partial charge in [-0.15, -0.1) is 12.6 Å². The van der Waals surface area contributed by atoms with Gasteiger partial charge in [0.1, 0.15) is 0 Å². The van der Waals surface area contributed by atoms with Gasteiger partial charge < -0.3 is 10.1 Å². The molecule has 0 unspecified atom stereocenters. The van der Waals surface area contributed by atoms with Crippen LogP contribution in [0.2, 0.25) is 0 Å². The van der Waals surface area contributed by atoms with Crippen LogP contribution in [-0.2, 0) is 4.74 Å².